The van der Waals surface area contributed by atoms with E-state index in [1.165, 1.54) is 11.3 Å². The molecule has 4 N–H and O–H groups in total. The van der Waals surface area contributed by atoms with Gasteiger partial charge in [-0.05, 0) is 42.3 Å². The third-order valence-corrected chi connectivity index (χ3v) is 7.19. The van der Waals surface area contributed by atoms with Crippen molar-refractivity contribution in [2.45, 2.75) is 38.1 Å². The third kappa shape index (κ3) is 3.55. The summed E-state index contributed by atoms with van der Waals surface area (Å²) in [6.07, 6.45) is 1.80. The van der Waals surface area contributed by atoms with Gasteiger partial charge in [-0.1, -0.05) is 36.8 Å². The summed E-state index contributed by atoms with van der Waals surface area (Å²) >= 11 is 1.33. The van der Waals surface area contributed by atoms with Crippen molar-refractivity contribution in [3.63, 3.8) is 0 Å². The molecule has 1 aromatic carbocycles. The van der Waals surface area contributed by atoms with Crippen LogP contribution in [0.3, 0.4) is 0 Å². The quantitative estimate of drug-likeness (QED) is 0.448. The number of para-hydroxylation sites is 1. The van der Waals surface area contributed by atoms with Gasteiger partial charge in [-0.2, -0.15) is 0 Å². The molecule has 1 aliphatic rings. The van der Waals surface area contributed by atoms with Gasteiger partial charge in [0.15, 0.2) is 11.6 Å². The average Bonchev–Trinajstić information content (AvgIpc) is 3.14. The van der Waals surface area contributed by atoms with Gasteiger partial charge < -0.3 is 15.0 Å². The number of hydrogen-bond donors (Lipinski definition) is 4. The van der Waals surface area contributed by atoms with E-state index in [1.807, 2.05) is 11.4 Å². The topological polar surface area (TPSA) is 107 Å². The Morgan fingerprint density at radius 1 is 1.24 bits per heavy atom. The van der Waals surface area contributed by atoms with Gasteiger partial charge in [-0.3, -0.25) is 13.9 Å². The fourth-order valence-corrected chi connectivity index (χ4v) is 5.50. The van der Waals surface area contributed by atoms with E-state index >= 15 is 0 Å². The van der Waals surface area contributed by atoms with Crippen LogP contribution in [0.4, 0.5) is 5.69 Å². The van der Waals surface area contributed by atoms with Crippen LogP contribution in [0.25, 0.3) is 10.2 Å². The van der Waals surface area contributed by atoms with E-state index in [2.05, 4.69) is 23.6 Å². The number of benzene rings is 1. The van der Waals surface area contributed by atoms with Gasteiger partial charge in [0.1, 0.15) is 10.5 Å². The summed E-state index contributed by atoms with van der Waals surface area (Å²) in [7, 11) is -3.48. The van der Waals surface area contributed by atoms with Crippen LogP contribution in [-0.4, -0.2) is 24.6 Å². The lowest BCUT2D eigenvalue weighted by molar-refractivity contribution is 0.475. The summed E-state index contributed by atoms with van der Waals surface area (Å²) in [5.74, 6) is 0.300. The summed E-state index contributed by atoms with van der Waals surface area (Å²) in [6, 6.07) is 8.51. The van der Waals surface area contributed by atoms with Crippen LogP contribution >= 0.6 is 22.1 Å². The van der Waals surface area contributed by atoms with Gasteiger partial charge in [-0.15, -0.1) is 15.7 Å². The normalized spacial score (nSPS) is 16.4. The summed E-state index contributed by atoms with van der Waals surface area (Å²) in [5.41, 5.74) is 0.680. The first kappa shape index (κ1) is 20.0. The molecule has 0 atom stereocenters. The molecule has 0 saturated carbocycles. The lowest BCUT2D eigenvalue weighted by Crippen LogP contribution is -2.32. The zero-order valence-electron chi connectivity index (χ0n) is 16.1. The van der Waals surface area contributed by atoms with Crippen LogP contribution in [0.5, 0.6) is 5.75 Å². The van der Waals surface area contributed by atoms with Crippen molar-refractivity contribution in [3.05, 3.63) is 51.6 Å². The van der Waals surface area contributed by atoms with Gasteiger partial charge >= 0.3 is 0 Å². The summed E-state index contributed by atoms with van der Waals surface area (Å²) < 4.78 is 27.2. The molecular weight excluding hydrogens is 410 g/mol. The van der Waals surface area contributed by atoms with E-state index in [4.69, 9.17) is 0 Å². The van der Waals surface area contributed by atoms with E-state index in [1.54, 1.807) is 28.8 Å². The Kier molecular flexibility index (Phi) is 5.16. The minimum atomic E-state index is -3.48. The van der Waals surface area contributed by atoms with Crippen LogP contribution in [0.1, 0.15) is 32.3 Å². The summed E-state index contributed by atoms with van der Waals surface area (Å²) in [4.78, 5) is 13.6. The van der Waals surface area contributed by atoms with Crippen LogP contribution in [0, 0.1) is 5.92 Å². The number of rotatable bonds is 5. The number of anilines is 1. The largest absolute Gasteiger partial charge is 0.505 e. The molecule has 0 amide bonds. The Balaban J connectivity index is 1.86. The first-order valence-electron chi connectivity index (χ1n) is 9.37. The van der Waals surface area contributed by atoms with Crippen molar-refractivity contribution in [1.29, 1.82) is 0 Å². The molecule has 9 heteroatoms. The minimum Gasteiger partial charge on any atom is -0.505 e. The first-order chi connectivity index (χ1) is 13.8. The molecular formula is C20H23N3O4S2. The summed E-state index contributed by atoms with van der Waals surface area (Å²) in [6.45, 7) is 4.78. The van der Waals surface area contributed by atoms with Gasteiger partial charge in [0.2, 0.25) is 0 Å². The summed E-state index contributed by atoms with van der Waals surface area (Å²) in [5, 5.41) is 15.7. The number of aromatic nitrogens is 1. The van der Waals surface area contributed by atoms with E-state index < -0.39 is 16.3 Å². The average molecular weight is 434 g/mol. The zero-order valence-corrected chi connectivity index (χ0v) is 17.8. The Morgan fingerprint density at radius 3 is 2.76 bits per heavy atom. The van der Waals surface area contributed by atoms with E-state index in [-0.39, 0.29) is 22.0 Å². The molecule has 2 aromatic heterocycles. The Morgan fingerprint density at radius 2 is 2.00 bits per heavy atom. The van der Waals surface area contributed by atoms with Gasteiger partial charge in [0.05, 0.1) is 15.9 Å². The van der Waals surface area contributed by atoms with Gasteiger partial charge in [-0.25, -0.2) is 0 Å². The highest BCUT2D eigenvalue weighted by Gasteiger charge is 2.30. The fourth-order valence-electron chi connectivity index (χ4n) is 3.49. The molecule has 0 saturated heterocycles. The van der Waals surface area contributed by atoms with Crippen molar-refractivity contribution >= 4 is 43.9 Å². The van der Waals surface area contributed by atoms with Crippen LogP contribution in [-0.2, 0) is 6.54 Å². The van der Waals surface area contributed by atoms with Gasteiger partial charge in [0, 0.05) is 6.54 Å². The Bertz CT molecular complexity index is 1160. The van der Waals surface area contributed by atoms with Gasteiger partial charge in [0.25, 0.3) is 5.56 Å². The number of fused-ring (bicyclic) bond motifs is 2. The second-order valence-electron chi connectivity index (χ2n) is 7.43. The maximum atomic E-state index is 13.3. The third-order valence-electron chi connectivity index (χ3n) is 4.90. The number of aromatic hydroxyl groups is 1. The standard InChI is InChI=1S/C20H23N3O4S2/c1-12(2)6-5-10-23-14-9-11-28-18(14)17(24)16(20(23)25)19-21-13-7-3-4-8-15(13)29(26,27)22-19/h3-4,7-9,11-12,24,26-27H,5-6,10H2,1-2H3,(H,21,22). The molecule has 0 unspecified atom stereocenters. The molecule has 0 aliphatic carbocycles. The van der Waals surface area contributed by atoms with Crippen molar-refractivity contribution in [2.24, 2.45) is 10.3 Å². The van der Waals surface area contributed by atoms with Crippen LogP contribution in [0.15, 0.2) is 49.8 Å². The lowest BCUT2D eigenvalue weighted by atomic mass is 10.1. The van der Waals surface area contributed by atoms with E-state index in [0.717, 1.165) is 12.8 Å². The molecule has 4 rings (SSSR count). The SMILES string of the molecule is CC(C)CCCn1c(=O)c(C2=NS(O)(O)c3ccccc3N2)c(O)c2sccc21. The lowest BCUT2D eigenvalue weighted by Gasteiger charge is -2.34. The molecule has 0 bridgehead atoms. The molecule has 154 valence electrons. The van der Waals surface area contributed by atoms with Crippen LogP contribution < -0.4 is 10.9 Å². The minimum absolute atomic E-state index is 0.0286. The molecule has 0 radical (unpaired) electrons. The van der Waals surface area contributed by atoms with Crippen molar-refractivity contribution in [3.8, 4) is 5.75 Å². The second-order valence-corrected chi connectivity index (χ2v) is 10.0. The number of amidine groups is 1. The highest BCUT2D eigenvalue weighted by molar-refractivity contribution is 8.23. The molecule has 0 spiro atoms. The number of nitrogens with zero attached hydrogens (tertiary/aromatic N) is 2. The van der Waals surface area contributed by atoms with E-state index in [9.17, 15) is 19.0 Å². The predicted molar refractivity (Wildman–Crippen MR) is 120 cm³/mol. The van der Waals surface area contributed by atoms with Crippen molar-refractivity contribution in [1.82, 2.24) is 4.57 Å². The smallest absolute Gasteiger partial charge is 0.265 e. The maximum Gasteiger partial charge on any atom is 0.265 e. The Hall–Kier alpha value is -2.33. The van der Waals surface area contributed by atoms with Crippen molar-refractivity contribution < 1.29 is 14.2 Å². The number of thiophene rings is 1. The fraction of sp³-hybridized carbons (Fsp3) is 0.300. The second kappa shape index (κ2) is 7.49. The number of aryl methyl sites for hydroxylation is 1. The Labute approximate surface area is 173 Å². The van der Waals surface area contributed by atoms with E-state index in [0.29, 0.717) is 28.4 Å². The highest BCUT2D eigenvalue weighted by Crippen LogP contribution is 2.55. The molecule has 7 nitrogen and oxygen atoms in total. The first-order valence-corrected chi connectivity index (χ1v) is 11.8. The molecule has 3 heterocycles. The zero-order chi connectivity index (χ0) is 20.8. The molecule has 29 heavy (non-hydrogen) atoms. The molecule has 1 aliphatic heterocycles. The monoisotopic (exact) mass is 433 g/mol. The molecule has 0 fully saturated rings. The molecule has 3 aromatic rings. The number of pyridine rings is 1. The van der Waals surface area contributed by atoms with Crippen molar-refractivity contribution in [2.75, 3.05) is 5.32 Å². The number of nitrogens with one attached hydrogen (secondary N) is 1. The number of hydrogen-bond acceptors (Lipinski definition) is 7. The highest BCUT2D eigenvalue weighted by atomic mass is 32.3. The van der Waals surface area contributed by atoms with Crippen LogP contribution in [0.2, 0.25) is 0 Å². The predicted octanol–water partition coefficient (Wildman–Crippen LogP) is 5.10. The maximum absolute atomic E-state index is 13.3.